The largest absolute Gasteiger partial charge is 0.386 e. The van der Waals surface area contributed by atoms with Gasteiger partial charge in [0.1, 0.15) is 6.10 Å². The van der Waals surface area contributed by atoms with Crippen LogP contribution in [0.1, 0.15) is 12.6 Å². The molecular formula is C6H8F2N2OS. The molecule has 0 amide bonds. The molecule has 0 saturated carbocycles. The van der Waals surface area contributed by atoms with Crippen molar-refractivity contribution >= 4 is 11.5 Å². The highest BCUT2D eigenvalue weighted by atomic mass is 32.1. The summed E-state index contributed by atoms with van der Waals surface area (Å²) in [6.45, 7) is 0.678. The molecule has 0 saturated heterocycles. The zero-order valence-corrected chi connectivity index (χ0v) is 7.18. The van der Waals surface area contributed by atoms with Crippen LogP contribution in [-0.4, -0.2) is 26.7 Å². The van der Waals surface area contributed by atoms with E-state index in [4.69, 9.17) is 5.11 Å². The minimum Gasteiger partial charge on any atom is -0.386 e. The van der Waals surface area contributed by atoms with Crippen molar-refractivity contribution in [3.05, 3.63) is 11.1 Å². The van der Waals surface area contributed by atoms with Gasteiger partial charge in [-0.25, -0.2) is 8.78 Å². The Kier molecular flexibility index (Phi) is 2.69. The summed E-state index contributed by atoms with van der Waals surface area (Å²) in [5.74, 6) is -3.08. The summed E-state index contributed by atoms with van der Waals surface area (Å²) >= 11 is 1.08. The molecule has 1 N–H and O–H groups in total. The molecule has 68 valence electrons. The van der Waals surface area contributed by atoms with Crippen molar-refractivity contribution in [2.45, 2.75) is 25.4 Å². The number of aliphatic hydroxyl groups excluding tert-OH is 1. The number of aromatic nitrogens is 2. The van der Waals surface area contributed by atoms with Crippen molar-refractivity contribution in [2.75, 3.05) is 0 Å². The van der Waals surface area contributed by atoms with Gasteiger partial charge in [0.2, 0.25) is 0 Å². The number of hydrogen-bond acceptors (Lipinski definition) is 4. The van der Waals surface area contributed by atoms with Crippen LogP contribution in [-0.2, 0) is 6.42 Å². The number of hydrogen-bond donors (Lipinski definition) is 1. The summed E-state index contributed by atoms with van der Waals surface area (Å²) < 4.78 is 28.3. The van der Waals surface area contributed by atoms with Crippen molar-refractivity contribution in [3.8, 4) is 0 Å². The van der Waals surface area contributed by atoms with E-state index in [1.54, 1.807) is 0 Å². The van der Waals surface area contributed by atoms with E-state index in [2.05, 4.69) is 9.59 Å². The summed E-state index contributed by atoms with van der Waals surface area (Å²) in [6, 6.07) is 0. The number of halogens is 2. The van der Waals surface area contributed by atoms with Gasteiger partial charge in [0.15, 0.2) is 0 Å². The number of nitrogens with zero attached hydrogens (tertiary/aromatic N) is 2. The molecule has 1 heterocycles. The highest BCUT2D eigenvalue weighted by Gasteiger charge is 2.32. The summed E-state index contributed by atoms with van der Waals surface area (Å²) in [7, 11) is 0. The molecule has 0 aliphatic rings. The molecule has 0 bridgehead atoms. The molecule has 3 nitrogen and oxygen atoms in total. The van der Waals surface area contributed by atoms with Crippen LogP contribution in [0.25, 0.3) is 0 Å². The molecule has 1 aromatic heterocycles. The lowest BCUT2D eigenvalue weighted by molar-refractivity contribution is -0.0924. The molecule has 1 aromatic rings. The maximum Gasteiger partial charge on any atom is 0.271 e. The average molecular weight is 194 g/mol. The van der Waals surface area contributed by atoms with Crippen LogP contribution >= 0.6 is 11.5 Å². The van der Waals surface area contributed by atoms with Gasteiger partial charge >= 0.3 is 0 Å². The second kappa shape index (κ2) is 3.40. The highest BCUT2D eigenvalue weighted by Crippen LogP contribution is 2.19. The zero-order valence-electron chi connectivity index (χ0n) is 6.37. The van der Waals surface area contributed by atoms with Gasteiger partial charge in [-0.2, -0.15) is 0 Å². The van der Waals surface area contributed by atoms with Crippen LogP contribution in [0.4, 0.5) is 8.78 Å². The first-order chi connectivity index (χ1) is 5.50. The molecule has 1 rings (SSSR count). The van der Waals surface area contributed by atoms with Crippen LogP contribution in [0.2, 0.25) is 0 Å². The second-order valence-corrected chi connectivity index (χ2v) is 3.18. The minimum atomic E-state index is -3.08. The fourth-order valence-corrected chi connectivity index (χ4v) is 1.11. The predicted octanol–water partition coefficient (Wildman–Crippen LogP) is 1.10. The van der Waals surface area contributed by atoms with E-state index < -0.39 is 12.0 Å². The fraction of sp³-hybridized carbons (Fsp3) is 0.667. The Morgan fingerprint density at radius 2 is 2.42 bits per heavy atom. The third kappa shape index (κ3) is 2.46. The third-order valence-electron chi connectivity index (χ3n) is 1.39. The van der Waals surface area contributed by atoms with Gasteiger partial charge in [0.05, 0.1) is 5.69 Å². The standard InChI is InChI=1S/C6H8F2N2OS/c1-6(7,8)5(11)2-4-3-12-10-9-4/h3,5,11H,2H2,1H3. The molecule has 0 radical (unpaired) electrons. The second-order valence-electron chi connectivity index (χ2n) is 2.57. The smallest absolute Gasteiger partial charge is 0.271 e. The molecule has 0 fully saturated rings. The van der Waals surface area contributed by atoms with E-state index in [0.717, 1.165) is 11.5 Å². The highest BCUT2D eigenvalue weighted by molar-refractivity contribution is 7.03. The molecule has 0 spiro atoms. The van der Waals surface area contributed by atoms with Crippen LogP contribution in [0.3, 0.4) is 0 Å². The number of alkyl halides is 2. The first kappa shape index (κ1) is 9.47. The van der Waals surface area contributed by atoms with Crippen molar-refractivity contribution in [2.24, 2.45) is 0 Å². The number of aliphatic hydroxyl groups is 1. The predicted molar refractivity (Wildman–Crippen MR) is 40.2 cm³/mol. The lowest BCUT2D eigenvalue weighted by atomic mass is 10.1. The topological polar surface area (TPSA) is 46.0 Å². The molecule has 6 heteroatoms. The molecular weight excluding hydrogens is 186 g/mol. The van der Waals surface area contributed by atoms with E-state index in [1.807, 2.05) is 0 Å². The van der Waals surface area contributed by atoms with Crippen LogP contribution in [0.15, 0.2) is 5.38 Å². The summed E-state index contributed by atoms with van der Waals surface area (Å²) in [4.78, 5) is 0. The lowest BCUT2D eigenvalue weighted by Gasteiger charge is -2.16. The number of rotatable bonds is 3. The van der Waals surface area contributed by atoms with E-state index >= 15 is 0 Å². The van der Waals surface area contributed by atoms with Gasteiger partial charge in [-0.05, 0) is 11.5 Å². The molecule has 1 unspecified atom stereocenters. The van der Waals surface area contributed by atoms with E-state index in [9.17, 15) is 8.78 Å². The first-order valence-electron chi connectivity index (χ1n) is 3.32. The van der Waals surface area contributed by atoms with Gasteiger partial charge in [0, 0.05) is 18.7 Å². The Balaban J connectivity index is 2.53. The Hall–Kier alpha value is -0.620. The van der Waals surface area contributed by atoms with Gasteiger partial charge in [-0.1, -0.05) is 4.49 Å². The fourth-order valence-electron chi connectivity index (χ4n) is 0.650. The zero-order chi connectivity index (χ0) is 9.19. The summed E-state index contributed by atoms with van der Waals surface area (Å²) in [6.07, 6.45) is -1.83. The molecule has 12 heavy (non-hydrogen) atoms. The average Bonchev–Trinajstić information content (AvgIpc) is 2.37. The molecule has 0 aliphatic carbocycles. The summed E-state index contributed by atoms with van der Waals surface area (Å²) in [5, 5.41) is 14.0. The van der Waals surface area contributed by atoms with Gasteiger partial charge in [0.25, 0.3) is 5.92 Å². The summed E-state index contributed by atoms with van der Waals surface area (Å²) in [5.41, 5.74) is 0.397. The Bertz CT molecular complexity index is 234. The van der Waals surface area contributed by atoms with Gasteiger partial charge in [-0.15, -0.1) is 5.10 Å². The van der Waals surface area contributed by atoms with Gasteiger partial charge in [-0.3, -0.25) is 0 Å². The van der Waals surface area contributed by atoms with Gasteiger partial charge < -0.3 is 5.11 Å². The van der Waals surface area contributed by atoms with Crippen LogP contribution in [0.5, 0.6) is 0 Å². The first-order valence-corrected chi connectivity index (χ1v) is 4.15. The quantitative estimate of drug-likeness (QED) is 0.783. The molecule has 1 atom stereocenters. The van der Waals surface area contributed by atoms with Crippen LogP contribution in [0, 0.1) is 0 Å². The minimum absolute atomic E-state index is 0.153. The Morgan fingerprint density at radius 1 is 1.75 bits per heavy atom. The molecule has 0 aliphatic heterocycles. The maximum atomic E-state index is 12.4. The Labute approximate surface area is 72.2 Å². The van der Waals surface area contributed by atoms with Crippen molar-refractivity contribution in [1.82, 2.24) is 9.59 Å². The van der Waals surface area contributed by atoms with Crippen molar-refractivity contribution in [1.29, 1.82) is 0 Å². The maximum absolute atomic E-state index is 12.4. The SMILES string of the molecule is CC(F)(F)C(O)Cc1csnn1. The van der Waals surface area contributed by atoms with Crippen LogP contribution < -0.4 is 0 Å². The van der Waals surface area contributed by atoms with Crippen molar-refractivity contribution in [3.63, 3.8) is 0 Å². The van der Waals surface area contributed by atoms with E-state index in [0.29, 0.717) is 12.6 Å². The normalized spacial score (nSPS) is 14.7. The van der Waals surface area contributed by atoms with E-state index in [1.165, 1.54) is 5.38 Å². The monoisotopic (exact) mass is 194 g/mol. The van der Waals surface area contributed by atoms with E-state index in [-0.39, 0.29) is 6.42 Å². The molecule has 0 aromatic carbocycles. The third-order valence-corrected chi connectivity index (χ3v) is 1.95. The Morgan fingerprint density at radius 3 is 2.83 bits per heavy atom. The van der Waals surface area contributed by atoms with Crippen molar-refractivity contribution < 1.29 is 13.9 Å². The lowest BCUT2D eigenvalue weighted by Crippen LogP contribution is -2.31.